The third kappa shape index (κ3) is 3.88. The lowest BCUT2D eigenvalue weighted by Crippen LogP contribution is -2.22. The van der Waals surface area contributed by atoms with Crippen molar-refractivity contribution in [2.75, 3.05) is 20.2 Å². The molecule has 0 amide bonds. The van der Waals surface area contributed by atoms with Crippen molar-refractivity contribution in [3.05, 3.63) is 24.0 Å². The van der Waals surface area contributed by atoms with Gasteiger partial charge in [0.2, 0.25) is 0 Å². The second kappa shape index (κ2) is 6.40. The number of pyridine rings is 1. The lowest BCUT2D eigenvalue weighted by atomic mass is 10.0. The number of ether oxygens (including phenoxy) is 1. The van der Waals surface area contributed by atoms with Crippen LogP contribution < -0.4 is 10.1 Å². The Morgan fingerprint density at radius 1 is 1.53 bits per heavy atom. The van der Waals surface area contributed by atoms with Crippen molar-refractivity contribution in [3.8, 4) is 5.75 Å². The third-order valence-electron chi connectivity index (χ3n) is 2.35. The van der Waals surface area contributed by atoms with Crippen LogP contribution in [-0.2, 0) is 6.42 Å². The van der Waals surface area contributed by atoms with Crippen molar-refractivity contribution < 1.29 is 4.74 Å². The summed E-state index contributed by atoms with van der Waals surface area (Å²) in [6, 6.07) is 3.86. The number of rotatable bonds is 6. The number of aromatic nitrogens is 1. The molecule has 0 bridgehead atoms. The zero-order chi connectivity index (χ0) is 11.1. The van der Waals surface area contributed by atoms with Crippen molar-refractivity contribution in [1.82, 2.24) is 10.3 Å². The van der Waals surface area contributed by atoms with Crippen molar-refractivity contribution >= 4 is 0 Å². The first-order valence-electron chi connectivity index (χ1n) is 5.46. The van der Waals surface area contributed by atoms with Gasteiger partial charge in [-0.25, -0.2) is 0 Å². The standard InChI is InChI=1S/C12H20N2O/c1-4-13-9-10(2)8-11-12(15-3)6-5-7-14-11/h5-7,10,13H,4,8-9H2,1-3H3. The molecule has 3 nitrogen and oxygen atoms in total. The normalized spacial score (nSPS) is 12.5. The van der Waals surface area contributed by atoms with E-state index in [1.54, 1.807) is 7.11 Å². The van der Waals surface area contributed by atoms with E-state index in [0.29, 0.717) is 5.92 Å². The predicted octanol–water partition coefficient (Wildman–Crippen LogP) is 1.88. The SMILES string of the molecule is CCNCC(C)Cc1ncccc1OC. The number of nitrogens with zero attached hydrogens (tertiary/aromatic N) is 1. The van der Waals surface area contributed by atoms with E-state index in [0.717, 1.165) is 31.0 Å². The maximum absolute atomic E-state index is 5.27. The average Bonchev–Trinajstić information content (AvgIpc) is 2.27. The molecule has 1 aromatic rings. The second-order valence-corrected chi connectivity index (χ2v) is 3.77. The van der Waals surface area contributed by atoms with Crippen LogP contribution in [0.25, 0.3) is 0 Å². The van der Waals surface area contributed by atoms with Crippen LogP contribution in [0.4, 0.5) is 0 Å². The Bertz CT molecular complexity index is 289. The van der Waals surface area contributed by atoms with E-state index < -0.39 is 0 Å². The molecule has 1 unspecified atom stereocenters. The molecule has 0 fully saturated rings. The van der Waals surface area contributed by atoms with Crippen LogP contribution in [0.2, 0.25) is 0 Å². The minimum absolute atomic E-state index is 0.578. The molecule has 1 heterocycles. The van der Waals surface area contributed by atoms with Crippen molar-refractivity contribution in [2.24, 2.45) is 5.92 Å². The number of nitrogens with one attached hydrogen (secondary N) is 1. The molecule has 1 aromatic heterocycles. The lowest BCUT2D eigenvalue weighted by Gasteiger charge is -2.13. The molecular weight excluding hydrogens is 188 g/mol. The van der Waals surface area contributed by atoms with Gasteiger partial charge < -0.3 is 10.1 Å². The summed E-state index contributed by atoms with van der Waals surface area (Å²) in [5.41, 5.74) is 1.05. The summed E-state index contributed by atoms with van der Waals surface area (Å²) in [7, 11) is 1.69. The molecule has 0 aliphatic rings. The van der Waals surface area contributed by atoms with Gasteiger partial charge in [0.05, 0.1) is 12.8 Å². The van der Waals surface area contributed by atoms with Gasteiger partial charge in [0.15, 0.2) is 0 Å². The monoisotopic (exact) mass is 208 g/mol. The van der Waals surface area contributed by atoms with Crippen LogP contribution in [0, 0.1) is 5.92 Å². The summed E-state index contributed by atoms with van der Waals surface area (Å²) in [5.74, 6) is 1.47. The maximum Gasteiger partial charge on any atom is 0.140 e. The van der Waals surface area contributed by atoms with Gasteiger partial charge in [-0.15, -0.1) is 0 Å². The highest BCUT2D eigenvalue weighted by molar-refractivity contribution is 5.26. The largest absolute Gasteiger partial charge is 0.495 e. The molecule has 0 radical (unpaired) electrons. The van der Waals surface area contributed by atoms with E-state index >= 15 is 0 Å². The Labute approximate surface area is 91.9 Å². The summed E-state index contributed by atoms with van der Waals surface area (Å²) in [6.07, 6.45) is 2.77. The molecule has 15 heavy (non-hydrogen) atoms. The number of methoxy groups -OCH3 is 1. The van der Waals surface area contributed by atoms with Crippen LogP contribution >= 0.6 is 0 Å². The maximum atomic E-state index is 5.27. The van der Waals surface area contributed by atoms with E-state index in [1.807, 2.05) is 18.3 Å². The van der Waals surface area contributed by atoms with E-state index in [2.05, 4.69) is 24.1 Å². The Kier molecular flexibility index (Phi) is 5.12. The van der Waals surface area contributed by atoms with Crippen LogP contribution in [0.5, 0.6) is 5.75 Å². The van der Waals surface area contributed by atoms with Gasteiger partial charge in [-0.05, 0) is 37.6 Å². The quantitative estimate of drug-likeness (QED) is 0.775. The summed E-state index contributed by atoms with van der Waals surface area (Å²) in [4.78, 5) is 4.34. The highest BCUT2D eigenvalue weighted by Gasteiger charge is 2.08. The summed E-state index contributed by atoms with van der Waals surface area (Å²) >= 11 is 0. The predicted molar refractivity (Wildman–Crippen MR) is 62.2 cm³/mol. The molecule has 0 aromatic carbocycles. The molecule has 1 N–H and O–H groups in total. The van der Waals surface area contributed by atoms with E-state index in [-0.39, 0.29) is 0 Å². The molecule has 1 atom stereocenters. The van der Waals surface area contributed by atoms with Gasteiger partial charge in [-0.2, -0.15) is 0 Å². The third-order valence-corrected chi connectivity index (χ3v) is 2.35. The minimum Gasteiger partial charge on any atom is -0.495 e. The zero-order valence-electron chi connectivity index (χ0n) is 9.79. The molecule has 0 aliphatic carbocycles. The Morgan fingerprint density at radius 3 is 3.00 bits per heavy atom. The smallest absolute Gasteiger partial charge is 0.140 e. The Morgan fingerprint density at radius 2 is 2.33 bits per heavy atom. The topological polar surface area (TPSA) is 34.2 Å². The number of hydrogen-bond donors (Lipinski definition) is 1. The molecule has 0 aliphatic heterocycles. The van der Waals surface area contributed by atoms with E-state index in [1.165, 1.54) is 0 Å². The fourth-order valence-corrected chi connectivity index (χ4v) is 1.56. The highest BCUT2D eigenvalue weighted by atomic mass is 16.5. The fourth-order valence-electron chi connectivity index (χ4n) is 1.56. The molecule has 0 saturated heterocycles. The zero-order valence-corrected chi connectivity index (χ0v) is 9.79. The summed E-state index contributed by atoms with van der Waals surface area (Å²) in [5, 5.41) is 3.34. The number of hydrogen-bond acceptors (Lipinski definition) is 3. The molecule has 0 saturated carbocycles. The van der Waals surface area contributed by atoms with Gasteiger partial charge in [0.1, 0.15) is 5.75 Å². The van der Waals surface area contributed by atoms with Crippen molar-refractivity contribution in [3.63, 3.8) is 0 Å². The van der Waals surface area contributed by atoms with Crippen LogP contribution in [0.15, 0.2) is 18.3 Å². The molecule has 0 spiro atoms. The summed E-state index contributed by atoms with van der Waals surface area (Å²) in [6.45, 7) is 6.38. The van der Waals surface area contributed by atoms with Crippen LogP contribution in [0.1, 0.15) is 19.5 Å². The molecular formula is C12H20N2O. The fraction of sp³-hybridized carbons (Fsp3) is 0.583. The van der Waals surface area contributed by atoms with E-state index in [9.17, 15) is 0 Å². The van der Waals surface area contributed by atoms with Gasteiger partial charge >= 0.3 is 0 Å². The first kappa shape index (κ1) is 12.0. The first-order valence-corrected chi connectivity index (χ1v) is 5.46. The Hall–Kier alpha value is -1.09. The molecule has 3 heteroatoms. The van der Waals surface area contributed by atoms with E-state index in [4.69, 9.17) is 4.74 Å². The highest BCUT2D eigenvalue weighted by Crippen LogP contribution is 2.17. The van der Waals surface area contributed by atoms with Crippen LogP contribution in [-0.4, -0.2) is 25.2 Å². The second-order valence-electron chi connectivity index (χ2n) is 3.77. The first-order chi connectivity index (χ1) is 7.27. The van der Waals surface area contributed by atoms with Gasteiger partial charge in [0.25, 0.3) is 0 Å². The van der Waals surface area contributed by atoms with Gasteiger partial charge in [0, 0.05) is 6.20 Å². The molecule has 1 rings (SSSR count). The van der Waals surface area contributed by atoms with Gasteiger partial charge in [-0.1, -0.05) is 13.8 Å². The van der Waals surface area contributed by atoms with Crippen molar-refractivity contribution in [2.45, 2.75) is 20.3 Å². The Balaban J connectivity index is 2.55. The van der Waals surface area contributed by atoms with Crippen LogP contribution in [0.3, 0.4) is 0 Å². The summed E-state index contributed by atoms with van der Waals surface area (Å²) < 4.78 is 5.27. The average molecular weight is 208 g/mol. The molecule has 84 valence electrons. The lowest BCUT2D eigenvalue weighted by molar-refractivity contribution is 0.400. The van der Waals surface area contributed by atoms with Gasteiger partial charge in [-0.3, -0.25) is 4.98 Å². The van der Waals surface area contributed by atoms with Crippen molar-refractivity contribution in [1.29, 1.82) is 0 Å². The minimum atomic E-state index is 0.578.